The molecule has 7 aliphatic rings. The van der Waals surface area contributed by atoms with Crippen LogP contribution in [0, 0.1) is 46.3 Å². The van der Waals surface area contributed by atoms with Crippen LogP contribution in [0.1, 0.15) is 122 Å². The number of aliphatic hydroxyl groups excluding tert-OH is 4. The van der Waals surface area contributed by atoms with Gasteiger partial charge in [0.15, 0.2) is 0 Å². The summed E-state index contributed by atoms with van der Waals surface area (Å²) in [6.07, 6.45) is 10.8. The van der Waals surface area contributed by atoms with Crippen LogP contribution in [-0.2, 0) is 23.7 Å². The molecule has 7 rings (SSSR count). The van der Waals surface area contributed by atoms with Gasteiger partial charge in [0.2, 0.25) is 0 Å². The molecule has 0 bridgehead atoms. The lowest BCUT2D eigenvalue weighted by Gasteiger charge is -2.67. The second-order valence-electron chi connectivity index (χ2n) is 19.9. The van der Waals surface area contributed by atoms with Crippen molar-refractivity contribution in [3.63, 3.8) is 0 Å². The van der Waals surface area contributed by atoms with Crippen molar-refractivity contribution >= 4 is 5.97 Å². The zero-order valence-corrected chi connectivity index (χ0v) is 35.0. The van der Waals surface area contributed by atoms with E-state index in [0.717, 1.165) is 90.0 Å². The van der Waals surface area contributed by atoms with E-state index in [-0.39, 0.29) is 72.8 Å². The average molecular weight is 808 g/mol. The highest BCUT2D eigenvalue weighted by molar-refractivity contribution is 5.68. The molecule has 328 valence electrons. The molecule has 57 heavy (non-hydrogen) atoms. The highest BCUT2D eigenvalue weighted by Gasteiger charge is 2.69. The Morgan fingerprint density at radius 1 is 0.877 bits per heavy atom. The Labute approximate surface area is 340 Å². The molecule has 7 fully saturated rings. The minimum Gasteiger partial charge on any atom is -0.481 e. The van der Waals surface area contributed by atoms with Crippen LogP contribution < -0.4 is 16.4 Å². The molecule has 13 heteroatoms. The standard InChI is InChI=1S/C44H77N3O10/c1-25-22-43-14-4-5-29(43)8-10-32(27-12-15-46-39(45)20-27)44(43,23-40(51)52)38(47-25)24-56-37-19-28(18-36(55-3)41(37)53)42-31(13-16-48)34(50)21-30(57-42)9-6-26-7-11-33(49)35(17-26)54-2/h25-39,41-42,46-50,53H,4-24,45H2,1-3H3,(H,51,52). The SMILES string of the molecule is COC1CC(CCC2CC(O)C(CCO)C(C3CC(OC)C(O)C(OCC4NC(C)CC56CCCC5CCC(C5CCNC(N)C5)C46CC(=O)O)C3)O2)CCC1O. The summed E-state index contributed by atoms with van der Waals surface area (Å²) in [7, 11) is 3.28. The third-order valence-electron chi connectivity index (χ3n) is 17.0. The number of hydrogen-bond acceptors (Lipinski definition) is 12. The maximum Gasteiger partial charge on any atom is 0.304 e. The van der Waals surface area contributed by atoms with Gasteiger partial charge < -0.3 is 60.8 Å². The summed E-state index contributed by atoms with van der Waals surface area (Å²) >= 11 is 0. The Balaban J connectivity index is 1.12. The third kappa shape index (κ3) is 8.88. The second kappa shape index (κ2) is 19.0. The minimum absolute atomic E-state index is 0.0545. The van der Waals surface area contributed by atoms with E-state index < -0.39 is 41.9 Å². The minimum atomic E-state index is -0.878. The predicted molar refractivity (Wildman–Crippen MR) is 214 cm³/mol. The summed E-state index contributed by atoms with van der Waals surface area (Å²) in [5.41, 5.74) is 5.93. The van der Waals surface area contributed by atoms with Gasteiger partial charge in [-0.05, 0) is 151 Å². The molecular weight excluding hydrogens is 730 g/mol. The summed E-state index contributed by atoms with van der Waals surface area (Å²) in [5, 5.41) is 62.0. The van der Waals surface area contributed by atoms with Crippen molar-refractivity contribution < 1.29 is 49.3 Å². The first-order valence-corrected chi connectivity index (χ1v) is 22.9. The first-order chi connectivity index (χ1) is 27.4. The van der Waals surface area contributed by atoms with E-state index in [9.17, 15) is 30.3 Å². The lowest BCUT2D eigenvalue weighted by atomic mass is 9.40. The number of carboxylic acids is 1. The Bertz CT molecular complexity index is 1310. The smallest absolute Gasteiger partial charge is 0.304 e. The van der Waals surface area contributed by atoms with Crippen LogP contribution in [0.25, 0.3) is 0 Å². The third-order valence-corrected chi connectivity index (χ3v) is 17.0. The molecule has 4 saturated carbocycles. The Morgan fingerprint density at radius 2 is 1.67 bits per heavy atom. The van der Waals surface area contributed by atoms with Gasteiger partial charge in [-0.25, -0.2) is 0 Å². The molecule has 19 atom stereocenters. The van der Waals surface area contributed by atoms with E-state index in [4.69, 9.17) is 24.7 Å². The molecule has 3 saturated heterocycles. The van der Waals surface area contributed by atoms with Gasteiger partial charge in [0.25, 0.3) is 0 Å². The van der Waals surface area contributed by atoms with Crippen LogP contribution in [0.4, 0.5) is 0 Å². The fourth-order valence-corrected chi connectivity index (χ4v) is 14.7. The molecule has 4 aliphatic carbocycles. The molecular formula is C44H77N3O10. The highest BCUT2D eigenvalue weighted by atomic mass is 16.5. The second-order valence-corrected chi connectivity index (χ2v) is 19.9. The number of nitrogens with one attached hydrogen (secondary N) is 2. The molecule has 0 aromatic carbocycles. The number of carbonyl (C=O) groups is 1. The van der Waals surface area contributed by atoms with Crippen LogP contribution in [0.15, 0.2) is 0 Å². The summed E-state index contributed by atoms with van der Waals surface area (Å²) in [4.78, 5) is 13.2. The Hall–Kier alpha value is -0.970. The van der Waals surface area contributed by atoms with Crippen LogP contribution in [0.3, 0.4) is 0 Å². The summed E-state index contributed by atoms with van der Waals surface area (Å²) in [6, 6.07) is -0.000861. The number of aliphatic hydroxyl groups is 4. The molecule has 3 aliphatic heterocycles. The zero-order chi connectivity index (χ0) is 40.5. The quantitative estimate of drug-likeness (QED) is 0.127. The van der Waals surface area contributed by atoms with Crippen molar-refractivity contribution in [2.45, 2.75) is 190 Å². The largest absolute Gasteiger partial charge is 0.481 e. The van der Waals surface area contributed by atoms with E-state index >= 15 is 0 Å². The van der Waals surface area contributed by atoms with Gasteiger partial charge in [-0.1, -0.05) is 6.42 Å². The number of piperidine rings is 2. The van der Waals surface area contributed by atoms with Crippen molar-refractivity contribution in [2.75, 3.05) is 34.0 Å². The van der Waals surface area contributed by atoms with E-state index in [1.54, 1.807) is 14.2 Å². The van der Waals surface area contributed by atoms with E-state index in [0.29, 0.717) is 50.0 Å². The first-order valence-electron chi connectivity index (χ1n) is 22.9. The molecule has 9 N–H and O–H groups in total. The number of rotatable bonds is 14. The van der Waals surface area contributed by atoms with Gasteiger partial charge in [-0.15, -0.1) is 0 Å². The normalized spacial score (nSPS) is 49.2. The monoisotopic (exact) mass is 808 g/mol. The number of nitrogens with two attached hydrogens (primary N) is 1. The number of aliphatic carboxylic acids is 1. The van der Waals surface area contributed by atoms with Crippen LogP contribution in [0.2, 0.25) is 0 Å². The average Bonchev–Trinajstić information content (AvgIpc) is 3.60. The number of ether oxygens (including phenoxy) is 4. The molecule has 13 nitrogen and oxygen atoms in total. The maximum atomic E-state index is 13.2. The summed E-state index contributed by atoms with van der Waals surface area (Å²) in [5.74, 6) is 0.351. The van der Waals surface area contributed by atoms with Crippen molar-refractivity contribution in [1.29, 1.82) is 0 Å². The van der Waals surface area contributed by atoms with Crippen molar-refractivity contribution in [3.8, 4) is 0 Å². The van der Waals surface area contributed by atoms with Gasteiger partial charge in [0.05, 0.1) is 61.9 Å². The molecule has 0 aromatic heterocycles. The van der Waals surface area contributed by atoms with Crippen molar-refractivity contribution in [3.05, 3.63) is 0 Å². The molecule has 1 spiro atoms. The van der Waals surface area contributed by atoms with Crippen molar-refractivity contribution in [1.82, 2.24) is 10.6 Å². The molecule has 0 aromatic rings. The van der Waals surface area contributed by atoms with E-state index in [1.807, 2.05) is 0 Å². The Morgan fingerprint density at radius 3 is 2.40 bits per heavy atom. The molecule has 0 amide bonds. The zero-order valence-electron chi connectivity index (χ0n) is 35.0. The fourth-order valence-electron chi connectivity index (χ4n) is 14.7. The van der Waals surface area contributed by atoms with Gasteiger partial charge in [0.1, 0.15) is 6.10 Å². The summed E-state index contributed by atoms with van der Waals surface area (Å²) < 4.78 is 25.4. The van der Waals surface area contributed by atoms with Gasteiger partial charge in [0, 0.05) is 44.2 Å². The van der Waals surface area contributed by atoms with Gasteiger partial charge >= 0.3 is 5.97 Å². The van der Waals surface area contributed by atoms with Crippen LogP contribution >= 0.6 is 0 Å². The maximum absolute atomic E-state index is 13.2. The van der Waals surface area contributed by atoms with E-state index in [1.165, 1.54) is 0 Å². The fraction of sp³-hybridized carbons (Fsp3) is 0.977. The lowest BCUT2D eigenvalue weighted by Crippen LogP contribution is -2.71. The van der Waals surface area contributed by atoms with E-state index in [2.05, 4.69) is 17.6 Å². The molecule has 0 radical (unpaired) electrons. The number of carboxylic acid groups (broad SMARTS) is 1. The molecule has 3 heterocycles. The first kappa shape index (κ1) is 44.1. The number of methoxy groups -OCH3 is 2. The topological polar surface area (TPSA) is 205 Å². The van der Waals surface area contributed by atoms with Crippen LogP contribution in [0.5, 0.6) is 0 Å². The predicted octanol–water partition coefficient (Wildman–Crippen LogP) is 3.32. The number of hydrogen-bond donors (Lipinski definition) is 8. The Kier molecular flexibility index (Phi) is 14.7. The molecule has 19 unspecified atom stereocenters. The summed E-state index contributed by atoms with van der Waals surface area (Å²) in [6.45, 7) is 3.33. The van der Waals surface area contributed by atoms with Gasteiger partial charge in [-0.3, -0.25) is 4.79 Å². The highest BCUT2D eigenvalue weighted by Crippen LogP contribution is 2.71. The van der Waals surface area contributed by atoms with Crippen molar-refractivity contribution in [2.24, 2.45) is 52.1 Å². The lowest BCUT2D eigenvalue weighted by molar-refractivity contribution is -0.214. The van der Waals surface area contributed by atoms with Crippen LogP contribution in [-0.4, -0.2) is 133 Å². The van der Waals surface area contributed by atoms with Gasteiger partial charge in [-0.2, -0.15) is 0 Å².